The highest BCUT2D eigenvalue weighted by molar-refractivity contribution is 5.86. The number of aliphatic hydroxyl groups excluding tert-OH is 1. The van der Waals surface area contributed by atoms with Gasteiger partial charge in [-0.15, -0.1) is 0 Å². The average Bonchev–Trinajstić information content (AvgIpc) is 3.42. The summed E-state index contributed by atoms with van der Waals surface area (Å²) in [5.41, 5.74) is 13.6. The smallest absolute Gasteiger partial charge is 0.165 e. The number of pyridine rings is 1. The van der Waals surface area contributed by atoms with Crippen molar-refractivity contribution < 1.29 is 14.2 Å². The molecule has 33 heavy (non-hydrogen) atoms. The number of anilines is 2. The normalized spacial score (nSPS) is 29.2. The van der Waals surface area contributed by atoms with Gasteiger partial charge in [-0.2, -0.15) is 0 Å². The third-order valence-corrected chi connectivity index (χ3v) is 7.61. The third kappa shape index (κ3) is 2.99. The summed E-state index contributed by atoms with van der Waals surface area (Å²) in [4.78, 5) is 12.6. The summed E-state index contributed by atoms with van der Waals surface area (Å²) in [5, 5.41) is 12.7. The molecule has 170 valence electrons. The van der Waals surface area contributed by atoms with E-state index in [2.05, 4.69) is 21.9 Å². The van der Waals surface area contributed by atoms with E-state index in [0.29, 0.717) is 22.4 Å². The second-order valence-corrected chi connectivity index (χ2v) is 9.37. The molecule has 1 saturated heterocycles. The van der Waals surface area contributed by atoms with E-state index in [4.69, 9.17) is 16.2 Å². The van der Waals surface area contributed by atoms with Gasteiger partial charge >= 0.3 is 0 Å². The predicted octanol–water partition coefficient (Wildman–Crippen LogP) is 3.20. The topological polar surface area (TPSA) is 125 Å². The number of hydrogen-bond donors (Lipinski definition) is 3. The van der Waals surface area contributed by atoms with Crippen molar-refractivity contribution in [3.63, 3.8) is 0 Å². The Bertz CT molecular complexity index is 1390. The zero-order chi connectivity index (χ0) is 22.9. The fourth-order valence-electron chi connectivity index (χ4n) is 5.81. The van der Waals surface area contributed by atoms with E-state index in [0.717, 1.165) is 30.2 Å². The highest BCUT2D eigenvalue weighted by atomic mass is 19.1. The summed E-state index contributed by atoms with van der Waals surface area (Å²) in [7, 11) is 0. The Hall–Kier alpha value is -3.30. The number of aromatic nitrogens is 4. The van der Waals surface area contributed by atoms with Gasteiger partial charge in [-0.3, -0.25) is 0 Å². The van der Waals surface area contributed by atoms with Crippen LogP contribution >= 0.6 is 0 Å². The number of halogens is 1. The summed E-state index contributed by atoms with van der Waals surface area (Å²) in [6, 6.07) is 9.10. The Kier molecular flexibility index (Phi) is 4.37. The van der Waals surface area contributed by atoms with Gasteiger partial charge < -0.3 is 25.9 Å². The maximum absolute atomic E-state index is 13.7. The van der Waals surface area contributed by atoms with Gasteiger partial charge in [-0.25, -0.2) is 19.3 Å². The Balaban J connectivity index is 1.30. The standard InChI is InChI=1S/C24H25FN6O2/c1-24-14(8-12-2-3-13-10-17(25)21(27)30-18(13)9-12)4-5-16(24)19(32)23(33-24)31-7-6-15-20(26)28-11-29-22(15)31/h2-3,6-7,9-11,14,16,19,23,32H,4-5,8H2,1H3,(H2,27,30)(H2,26,28,29)/t14-,16?,19+,23+,24+/m0/s1. The summed E-state index contributed by atoms with van der Waals surface area (Å²) in [5.74, 6) is 0.0127. The number of rotatable bonds is 3. The molecule has 0 spiro atoms. The van der Waals surface area contributed by atoms with E-state index in [9.17, 15) is 9.50 Å². The maximum atomic E-state index is 13.7. The molecule has 6 rings (SSSR count). The molecule has 3 aromatic heterocycles. The molecule has 5 N–H and O–H groups in total. The lowest BCUT2D eigenvalue weighted by Crippen LogP contribution is -2.37. The zero-order valence-corrected chi connectivity index (χ0v) is 18.1. The van der Waals surface area contributed by atoms with E-state index < -0.39 is 23.8 Å². The fraction of sp³-hybridized carbons (Fsp3) is 0.375. The number of fused-ring (bicyclic) bond motifs is 3. The lowest BCUT2D eigenvalue weighted by Gasteiger charge is -2.31. The van der Waals surface area contributed by atoms with Crippen molar-refractivity contribution in [2.45, 2.75) is 44.1 Å². The number of nitrogens with zero attached hydrogens (tertiary/aromatic N) is 4. The minimum atomic E-state index is -0.659. The Morgan fingerprint density at radius 2 is 2.03 bits per heavy atom. The molecule has 1 saturated carbocycles. The van der Waals surface area contributed by atoms with Gasteiger partial charge in [0.15, 0.2) is 17.9 Å². The molecule has 0 radical (unpaired) electrons. The molecule has 0 bridgehead atoms. The number of aliphatic hydroxyl groups is 1. The largest absolute Gasteiger partial charge is 0.388 e. The molecule has 1 unspecified atom stereocenters. The van der Waals surface area contributed by atoms with Crippen molar-refractivity contribution in [1.29, 1.82) is 0 Å². The summed E-state index contributed by atoms with van der Waals surface area (Å²) < 4.78 is 22.2. The Labute approximate surface area is 189 Å². The first-order valence-corrected chi connectivity index (χ1v) is 11.1. The first-order valence-electron chi connectivity index (χ1n) is 11.1. The van der Waals surface area contributed by atoms with Gasteiger partial charge in [-0.05, 0) is 55.9 Å². The quantitative estimate of drug-likeness (QED) is 0.439. The van der Waals surface area contributed by atoms with E-state index in [-0.39, 0.29) is 17.7 Å². The number of benzene rings is 1. The molecule has 4 aromatic rings. The van der Waals surface area contributed by atoms with E-state index in [1.807, 2.05) is 35.0 Å². The molecule has 9 heteroatoms. The molecule has 0 amide bonds. The van der Waals surface area contributed by atoms with Crippen molar-refractivity contribution in [3.05, 3.63) is 54.2 Å². The third-order valence-electron chi connectivity index (χ3n) is 7.61. The van der Waals surface area contributed by atoms with Crippen LogP contribution in [0.5, 0.6) is 0 Å². The van der Waals surface area contributed by atoms with Crippen LogP contribution in [0.1, 0.15) is 31.6 Å². The number of hydrogen-bond acceptors (Lipinski definition) is 7. The van der Waals surface area contributed by atoms with Crippen LogP contribution in [-0.4, -0.2) is 36.3 Å². The minimum Gasteiger partial charge on any atom is -0.388 e. The van der Waals surface area contributed by atoms with Crippen LogP contribution < -0.4 is 11.5 Å². The van der Waals surface area contributed by atoms with Crippen molar-refractivity contribution in [2.24, 2.45) is 11.8 Å². The fourth-order valence-corrected chi connectivity index (χ4v) is 5.81. The van der Waals surface area contributed by atoms with Crippen molar-refractivity contribution in [3.8, 4) is 0 Å². The molecule has 8 nitrogen and oxygen atoms in total. The molecule has 1 aromatic carbocycles. The van der Waals surface area contributed by atoms with Crippen molar-refractivity contribution in [2.75, 3.05) is 11.5 Å². The van der Waals surface area contributed by atoms with Crippen LogP contribution in [0.4, 0.5) is 16.0 Å². The molecular weight excluding hydrogens is 423 g/mol. The van der Waals surface area contributed by atoms with Gasteiger partial charge in [-0.1, -0.05) is 12.1 Å². The second-order valence-electron chi connectivity index (χ2n) is 9.37. The van der Waals surface area contributed by atoms with Crippen LogP contribution in [0.15, 0.2) is 42.9 Å². The zero-order valence-electron chi connectivity index (χ0n) is 18.1. The number of nitrogens with two attached hydrogens (primary N) is 2. The van der Waals surface area contributed by atoms with Gasteiger partial charge in [0.25, 0.3) is 0 Å². The molecule has 5 atom stereocenters. The van der Waals surface area contributed by atoms with Crippen LogP contribution in [0, 0.1) is 17.7 Å². The second kappa shape index (κ2) is 7.10. The van der Waals surface area contributed by atoms with Crippen LogP contribution in [0.3, 0.4) is 0 Å². The summed E-state index contributed by atoms with van der Waals surface area (Å²) in [6.45, 7) is 2.10. The monoisotopic (exact) mass is 448 g/mol. The van der Waals surface area contributed by atoms with Crippen molar-refractivity contribution >= 4 is 33.6 Å². The number of ether oxygens (including phenoxy) is 1. The van der Waals surface area contributed by atoms with E-state index in [1.54, 1.807) is 0 Å². The van der Waals surface area contributed by atoms with Gasteiger partial charge in [0.05, 0.1) is 16.5 Å². The Morgan fingerprint density at radius 1 is 1.18 bits per heavy atom. The molecule has 4 heterocycles. The average molecular weight is 449 g/mol. The van der Waals surface area contributed by atoms with Crippen LogP contribution in [0.2, 0.25) is 0 Å². The molecule has 1 aliphatic heterocycles. The van der Waals surface area contributed by atoms with Crippen LogP contribution in [0.25, 0.3) is 21.9 Å². The van der Waals surface area contributed by atoms with Gasteiger partial charge in [0.1, 0.15) is 23.9 Å². The SMILES string of the molecule is C[C@]12O[C@@H](n3ccc4c(N)ncnc43)[C@H](O)C1CC[C@H]2Cc1ccc2cc(F)c(N)nc2c1. The molecule has 2 fully saturated rings. The van der Waals surface area contributed by atoms with E-state index in [1.165, 1.54) is 12.4 Å². The van der Waals surface area contributed by atoms with E-state index >= 15 is 0 Å². The molecular formula is C24H25FN6O2. The minimum absolute atomic E-state index is 0.00690. The Morgan fingerprint density at radius 3 is 2.88 bits per heavy atom. The first kappa shape index (κ1) is 20.3. The van der Waals surface area contributed by atoms with Gasteiger partial charge in [0.2, 0.25) is 0 Å². The summed E-state index contributed by atoms with van der Waals surface area (Å²) in [6.07, 6.45) is 4.66. The maximum Gasteiger partial charge on any atom is 0.165 e. The predicted molar refractivity (Wildman–Crippen MR) is 123 cm³/mol. The first-order chi connectivity index (χ1) is 15.8. The molecule has 2 aliphatic rings. The molecule has 1 aliphatic carbocycles. The van der Waals surface area contributed by atoms with Crippen LogP contribution in [-0.2, 0) is 11.2 Å². The highest BCUT2D eigenvalue weighted by Crippen LogP contribution is 2.55. The van der Waals surface area contributed by atoms with Crippen molar-refractivity contribution in [1.82, 2.24) is 19.5 Å². The summed E-state index contributed by atoms with van der Waals surface area (Å²) >= 11 is 0. The number of nitrogen functional groups attached to an aromatic ring is 2. The van der Waals surface area contributed by atoms with Gasteiger partial charge in [0, 0.05) is 17.5 Å². The highest BCUT2D eigenvalue weighted by Gasteiger charge is 2.59. The lowest BCUT2D eigenvalue weighted by atomic mass is 9.82. The lowest BCUT2D eigenvalue weighted by molar-refractivity contribution is -0.102.